The predicted octanol–water partition coefficient (Wildman–Crippen LogP) is 3.80. The third-order valence-corrected chi connectivity index (χ3v) is 6.25. The van der Waals surface area contributed by atoms with E-state index in [0.717, 1.165) is 34.8 Å². The Balaban J connectivity index is 1.56. The van der Waals surface area contributed by atoms with Crippen molar-refractivity contribution in [3.63, 3.8) is 0 Å². The minimum absolute atomic E-state index is 0.186. The zero-order valence-corrected chi connectivity index (χ0v) is 17.3. The normalized spacial score (nSPS) is 21.0. The van der Waals surface area contributed by atoms with Crippen molar-refractivity contribution in [1.82, 2.24) is 24.6 Å². The molecule has 1 amide bonds. The van der Waals surface area contributed by atoms with Crippen molar-refractivity contribution < 1.29 is 4.79 Å². The third-order valence-electron chi connectivity index (χ3n) is 5.15. The summed E-state index contributed by atoms with van der Waals surface area (Å²) in [5.41, 5.74) is 1.70. The van der Waals surface area contributed by atoms with Crippen molar-refractivity contribution in [2.24, 2.45) is 11.8 Å². The van der Waals surface area contributed by atoms with Crippen LogP contribution in [-0.2, 0) is 4.79 Å². The van der Waals surface area contributed by atoms with Gasteiger partial charge in [-0.15, -0.1) is 0 Å². The molecule has 0 aliphatic carbocycles. The van der Waals surface area contributed by atoms with Gasteiger partial charge in [-0.3, -0.25) is 4.79 Å². The molecule has 1 fully saturated rings. The predicted molar refractivity (Wildman–Crippen MR) is 112 cm³/mol. The lowest BCUT2D eigenvalue weighted by molar-refractivity contribution is -0.132. The number of rotatable bonds is 4. The van der Waals surface area contributed by atoms with Gasteiger partial charge in [-0.2, -0.15) is 5.10 Å². The topological polar surface area (TPSA) is 63.9 Å². The number of amides is 1. The average Bonchev–Trinajstić information content (AvgIpc) is 3.12. The van der Waals surface area contributed by atoms with E-state index in [2.05, 4.69) is 28.9 Å². The molecule has 0 saturated carbocycles. The van der Waals surface area contributed by atoms with Gasteiger partial charge in [0.15, 0.2) is 5.65 Å². The molecule has 0 spiro atoms. The van der Waals surface area contributed by atoms with Crippen LogP contribution in [0.3, 0.4) is 0 Å². The Bertz CT molecular complexity index is 963. The number of hydrogen-bond donors (Lipinski definition) is 0. The Morgan fingerprint density at radius 2 is 1.86 bits per heavy atom. The Morgan fingerprint density at radius 3 is 2.57 bits per heavy atom. The SMILES string of the molecule is CC1CC(C)CN(C(=O)C(C)Sc2ncnc3c2cnn3-c2ccccc2)C1. The summed E-state index contributed by atoms with van der Waals surface area (Å²) in [6.45, 7) is 8.10. The van der Waals surface area contributed by atoms with Crippen LogP contribution in [0, 0.1) is 11.8 Å². The fraction of sp³-hybridized carbons (Fsp3) is 0.429. The first-order valence-corrected chi connectivity index (χ1v) is 10.6. The molecule has 1 aliphatic rings. The minimum Gasteiger partial charge on any atom is -0.341 e. The van der Waals surface area contributed by atoms with Gasteiger partial charge in [0.2, 0.25) is 5.91 Å². The number of benzene rings is 1. The maximum absolute atomic E-state index is 13.0. The van der Waals surface area contributed by atoms with Crippen LogP contribution in [0.15, 0.2) is 47.9 Å². The van der Waals surface area contributed by atoms with Crippen molar-refractivity contribution in [1.29, 1.82) is 0 Å². The molecular weight excluding hydrogens is 370 g/mol. The molecule has 0 radical (unpaired) electrons. The van der Waals surface area contributed by atoms with Crippen molar-refractivity contribution in [2.45, 2.75) is 37.5 Å². The number of aromatic nitrogens is 4. The zero-order chi connectivity index (χ0) is 19.7. The quantitative estimate of drug-likeness (QED) is 0.497. The lowest BCUT2D eigenvalue weighted by Gasteiger charge is -2.36. The highest BCUT2D eigenvalue weighted by Crippen LogP contribution is 2.31. The number of nitrogens with zero attached hydrogens (tertiary/aromatic N) is 5. The molecule has 146 valence electrons. The fourth-order valence-electron chi connectivity index (χ4n) is 3.99. The third kappa shape index (κ3) is 3.76. The van der Waals surface area contributed by atoms with Crippen molar-refractivity contribution in [2.75, 3.05) is 13.1 Å². The number of likely N-dealkylation sites (tertiary alicyclic amines) is 1. The van der Waals surface area contributed by atoms with E-state index in [4.69, 9.17) is 0 Å². The van der Waals surface area contributed by atoms with E-state index >= 15 is 0 Å². The number of carbonyl (C=O) groups is 1. The standard InChI is InChI=1S/C21H25N5OS/c1-14-9-15(2)12-25(11-14)21(27)16(3)28-20-18-10-24-26(19(18)22-13-23-20)17-7-5-4-6-8-17/h4-8,10,13-16H,9,11-12H2,1-3H3. The molecule has 4 rings (SSSR count). The Morgan fingerprint density at radius 1 is 1.14 bits per heavy atom. The summed E-state index contributed by atoms with van der Waals surface area (Å²) in [6.07, 6.45) is 4.53. The van der Waals surface area contributed by atoms with Crippen LogP contribution in [0.2, 0.25) is 0 Å². The zero-order valence-electron chi connectivity index (χ0n) is 16.4. The molecule has 0 N–H and O–H groups in total. The first-order valence-electron chi connectivity index (χ1n) is 9.72. The van der Waals surface area contributed by atoms with E-state index < -0.39 is 0 Å². The number of thioether (sulfide) groups is 1. The van der Waals surface area contributed by atoms with Gasteiger partial charge < -0.3 is 4.90 Å². The van der Waals surface area contributed by atoms with Crippen molar-refractivity contribution >= 4 is 28.7 Å². The van der Waals surface area contributed by atoms with Crippen molar-refractivity contribution in [3.8, 4) is 5.69 Å². The van der Waals surface area contributed by atoms with Gasteiger partial charge in [-0.25, -0.2) is 14.6 Å². The molecular formula is C21H25N5OS. The first kappa shape index (κ1) is 18.9. The second-order valence-electron chi connectivity index (χ2n) is 7.76. The van der Waals surface area contributed by atoms with E-state index in [1.54, 1.807) is 12.5 Å². The van der Waals surface area contributed by atoms with Crippen molar-refractivity contribution in [3.05, 3.63) is 42.9 Å². The number of fused-ring (bicyclic) bond motifs is 1. The Kier molecular flexibility index (Phi) is 5.35. The summed E-state index contributed by atoms with van der Waals surface area (Å²) in [4.78, 5) is 23.9. The molecule has 1 aromatic carbocycles. The number of para-hydroxylation sites is 1. The number of hydrogen-bond acceptors (Lipinski definition) is 5. The summed E-state index contributed by atoms with van der Waals surface area (Å²) >= 11 is 1.49. The first-order chi connectivity index (χ1) is 13.5. The highest BCUT2D eigenvalue weighted by Gasteiger charge is 2.29. The lowest BCUT2D eigenvalue weighted by Crippen LogP contribution is -2.45. The van der Waals surface area contributed by atoms with Crippen LogP contribution < -0.4 is 0 Å². The van der Waals surface area contributed by atoms with Crippen LogP contribution in [0.25, 0.3) is 16.7 Å². The molecule has 3 unspecified atom stereocenters. The van der Waals surface area contributed by atoms with Gasteiger partial charge >= 0.3 is 0 Å². The Labute approximate surface area is 169 Å². The van der Waals surface area contributed by atoms with E-state index in [1.807, 2.05) is 46.8 Å². The van der Waals surface area contributed by atoms with E-state index in [9.17, 15) is 4.79 Å². The van der Waals surface area contributed by atoms with E-state index in [1.165, 1.54) is 18.2 Å². The van der Waals surface area contributed by atoms with E-state index in [-0.39, 0.29) is 11.2 Å². The number of piperidine rings is 1. The molecule has 1 aliphatic heterocycles. The lowest BCUT2D eigenvalue weighted by atomic mass is 9.92. The summed E-state index contributed by atoms with van der Waals surface area (Å²) in [5.74, 6) is 1.30. The fourth-order valence-corrected chi connectivity index (χ4v) is 4.96. The second-order valence-corrected chi connectivity index (χ2v) is 9.09. The molecule has 3 heterocycles. The van der Waals surface area contributed by atoms with Gasteiger partial charge in [-0.1, -0.05) is 43.8 Å². The summed E-state index contributed by atoms with van der Waals surface area (Å²) in [6, 6.07) is 9.90. The van der Waals surface area contributed by atoms with Gasteiger partial charge in [0.25, 0.3) is 0 Å². The number of carbonyl (C=O) groups excluding carboxylic acids is 1. The van der Waals surface area contributed by atoms with Gasteiger partial charge in [0.1, 0.15) is 11.4 Å². The summed E-state index contributed by atoms with van der Waals surface area (Å²) in [5, 5.41) is 5.96. The minimum atomic E-state index is -0.198. The highest BCUT2D eigenvalue weighted by atomic mass is 32.2. The van der Waals surface area contributed by atoms with Crippen LogP contribution >= 0.6 is 11.8 Å². The highest BCUT2D eigenvalue weighted by molar-refractivity contribution is 8.00. The molecule has 28 heavy (non-hydrogen) atoms. The van der Waals surface area contributed by atoms with Gasteiger partial charge in [-0.05, 0) is 37.3 Å². The summed E-state index contributed by atoms with van der Waals surface area (Å²) in [7, 11) is 0. The van der Waals surface area contributed by atoms with Gasteiger partial charge in [0.05, 0.1) is 22.5 Å². The van der Waals surface area contributed by atoms with E-state index in [0.29, 0.717) is 11.8 Å². The van der Waals surface area contributed by atoms with Crippen LogP contribution in [0.1, 0.15) is 27.2 Å². The maximum atomic E-state index is 13.0. The monoisotopic (exact) mass is 395 g/mol. The summed E-state index contributed by atoms with van der Waals surface area (Å²) < 4.78 is 1.81. The molecule has 2 aromatic heterocycles. The molecule has 0 bridgehead atoms. The molecule has 6 nitrogen and oxygen atoms in total. The van der Waals surface area contributed by atoms with Crippen LogP contribution in [-0.4, -0.2) is 48.9 Å². The smallest absolute Gasteiger partial charge is 0.235 e. The largest absolute Gasteiger partial charge is 0.341 e. The van der Waals surface area contributed by atoms with Crippen LogP contribution in [0.4, 0.5) is 0 Å². The van der Waals surface area contributed by atoms with Crippen LogP contribution in [0.5, 0.6) is 0 Å². The molecule has 7 heteroatoms. The molecule has 3 aromatic rings. The average molecular weight is 396 g/mol. The second kappa shape index (κ2) is 7.91. The Hall–Kier alpha value is -2.41. The maximum Gasteiger partial charge on any atom is 0.235 e. The van der Waals surface area contributed by atoms with Gasteiger partial charge in [0, 0.05) is 13.1 Å². The molecule has 3 atom stereocenters. The molecule has 1 saturated heterocycles.